The SMILES string of the molecule is c1ccc(C(c2cc3ccccc3[nH]2)c2cc3ccccc3[nH]2)cc1. The van der Waals surface area contributed by atoms with Gasteiger partial charge >= 0.3 is 0 Å². The van der Waals surface area contributed by atoms with E-state index in [1.54, 1.807) is 0 Å². The second-order valence-electron chi connectivity index (χ2n) is 6.47. The van der Waals surface area contributed by atoms with E-state index in [0.717, 1.165) is 0 Å². The van der Waals surface area contributed by atoms with Crippen molar-refractivity contribution >= 4 is 21.8 Å². The average Bonchev–Trinajstić information content (AvgIpc) is 3.26. The Labute approximate surface area is 146 Å². The highest BCUT2D eigenvalue weighted by Crippen LogP contribution is 2.34. The Balaban J connectivity index is 1.73. The van der Waals surface area contributed by atoms with Gasteiger partial charge in [-0.05, 0) is 40.6 Å². The van der Waals surface area contributed by atoms with Gasteiger partial charge in [-0.2, -0.15) is 0 Å². The van der Waals surface area contributed by atoms with E-state index < -0.39 is 0 Å². The van der Waals surface area contributed by atoms with Crippen LogP contribution in [0.5, 0.6) is 0 Å². The molecule has 0 radical (unpaired) electrons. The summed E-state index contributed by atoms with van der Waals surface area (Å²) in [5.74, 6) is 0.154. The van der Waals surface area contributed by atoms with E-state index in [2.05, 4.69) is 101 Å². The maximum Gasteiger partial charge on any atom is 0.0642 e. The summed E-state index contributed by atoms with van der Waals surface area (Å²) in [5, 5.41) is 2.49. The molecule has 0 aliphatic heterocycles. The topological polar surface area (TPSA) is 31.6 Å². The molecule has 0 aliphatic carbocycles. The lowest BCUT2D eigenvalue weighted by molar-refractivity contribution is 0.906. The molecule has 0 saturated heterocycles. The molecule has 5 aromatic rings. The molecule has 0 saturated carbocycles. The molecule has 0 unspecified atom stereocenters. The van der Waals surface area contributed by atoms with Crippen LogP contribution in [0.1, 0.15) is 22.9 Å². The lowest BCUT2D eigenvalue weighted by Crippen LogP contribution is -2.04. The van der Waals surface area contributed by atoms with Crippen molar-refractivity contribution in [3.8, 4) is 0 Å². The summed E-state index contributed by atoms with van der Waals surface area (Å²) < 4.78 is 0. The molecular weight excluding hydrogens is 304 g/mol. The van der Waals surface area contributed by atoms with Crippen LogP contribution in [0.3, 0.4) is 0 Å². The molecule has 2 nitrogen and oxygen atoms in total. The zero-order valence-corrected chi connectivity index (χ0v) is 13.7. The molecule has 2 heterocycles. The third-order valence-electron chi connectivity index (χ3n) is 4.86. The number of nitrogens with one attached hydrogen (secondary N) is 2. The van der Waals surface area contributed by atoms with E-state index in [4.69, 9.17) is 0 Å². The van der Waals surface area contributed by atoms with Crippen LogP contribution in [0.2, 0.25) is 0 Å². The van der Waals surface area contributed by atoms with Crippen LogP contribution >= 0.6 is 0 Å². The molecule has 0 amide bonds. The van der Waals surface area contributed by atoms with Crippen molar-refractivity contribution in [3.05, 3.63) is 108 Å². The molecule has 3 aromatic carbocycles. The van der Waals surface area contributed by atoms with Crippen molar-refractivity contribution in [2.24, 2.45) is 0 Å². The van der Waals surface area contributed by atoms with Gasteiger partial charge in [0.2, 0.25) is 0 Å². The summed E-state index contributed by atoms with van der Waals surface area (Å²) in [7, 11) is 0. The van der Waals surface area contributed by atoms with E-state index in [-0.39, 0.29) is 5.92 Å². The van der Waals surface area contributed by atoms with Crippen LogP contribution in [0.4, 0.5) is 0 Å². The smallest absolute Gasteiger partial charge is 0.0642 e. The van der Waals surface area contributed by atoms with Crippen LogP contribution in [0.15, 0.2) is 91.0 Å². The summed E-state index contributed by atoms with van der Waals surface area (Å²) in [5.41, 5.74) is 6.04. The van der Waals surface area contributed by atoms with Crippen molar-refractivity contribution in [3.63, 3.8) is 0 Å². The fourth-order valence-corrected chi connectivity index (χ4v) is 3.67. The first kappa shape index (κ1) is 14.1. The van der Waals surface area contributed by atoms with Crippen LogP contribution in [-0.2, 0) is 0 Å². The Hall–Kier alpha value is -3.26. The van der Waals surface area contributed by atoms with Gasteiger partial charge in [0, 0.05) is 22.4 Å². The fraction of sp³-hybridized carbons (Fsp3) is 0.0435. The number of H-pyrrole nitrogens is 2. The average molecular weight is 322 g/mol. The molecule has 0 spiro atoms. The van der Waals surface area contributed by atoms with Gasteiger partial charge in [-0.25, -0.2) is 0 Å². The van der Waals surface area contributed by atoms with Gasteiger partial charge in [0.15, 0.2) is 0 Å². The zero-order valence-electron chi connectivity index (χ0n) is 13.7. The monoisotopic (exact) mass is 322 g/mol. The van der Waals surface area contributed by atoms with Crippen molar-refractivity contribution < 1.29 is 0 Å². The molecule has 2 N–H and O–H groups in total. The van der Waals surface area contributed by atoms with Gasteiger partial charge in [-0.15, -0.1) is 0 Å². The number of benzene rings is 3. The number of hydrogen-bond acceptors (Lipinski definition) is 0. The third-order valence-corrected chi connectivity index (χ3v) is 4.86. The summed E-state index contributed by atoms with van der Waals surface area (Å²) in [6.07, 6.45) is 0. The molecule has 25 heavy (non-hydrogen) atoms. The van der Waals surface area contributed by atoms with Gasteiger partial charge < -0.3 is 9.97 Å². The highest BCUT2D eigenvalue weighted by molar-refractivity contribution is 5.82. The first-order valence-electron chi connectivity index (χ1n) is 8.59. The van der Waals surface area contributed by atoms with Crippen molar-refractivity contribution in [2.75, 3.05) is 0 Å². The van der Waals surface area contributed by atoms with Crippen molar-refractivity contribution in [1.82, 2.24) is 9.97 Å². The Morgan fingerprint density at radius 1 is 0.520 bits per heavy atom. The lowest BCUT2D eigenvalue weighted by Gasteiger charge is -2.15. The minimum Gasteiger partial charge on any atom is -0.358 e. The van der Waals surface area contributed by atoms with Crippen LogP contribution in [-0.4, -0.2) is 9.97 Å². The first-order chi connectivity index (χ1) is 12.4. The van der Waals surface area contributed by atoms with Gasteiger partial charge in [0.05, 0.1) is 5.92 Å². The quantitative estimate of drug-likeness (QED) is 0.419. The molecule has 5 rings (SSSR count). The largest absolute Gasteiger partial charge is 0.358 e. The summed E-state index contributed by atoms with van der Waals surface area (Å²) in [6, 6.07) is 32.1. The normalized spacial score (nSPS) is 11.6. The van der Waals surface area contributed by atoms with E-state index in [1.165, 1.54) is 38.8 Å². The molecule has 0 aliphatic rings. The predicted octanol–water partition coefficient (Wildman–Crippen LogP) is 5.83. The van der Waals surface area contributed by atoms with E-state index in [9.17, 15) is 0 Å². The number of para-hydroxylation sites is 2. The molecule has 0 fully saturated rings. The summed E-state index contributed by atoms with van der Waals surface area (Å²) in [4.78, 5) is 7.23. The molecular formula is C23H18N2. The molecule has 2 aromatic heterocycles. The lowest BCUT2D eigenvalue weighted by atomic mass is 9.92. The van der Waals surface area contributed by atoms with Crippen LogP contribution in [0, 0.1) is 0 Å². The van der Waals surface area contributed by atoms with E-state index in [0.29, 0.717) is 0 Å². The number of aromatic amines is 2. The van der Waals surface area contributed by atoms with Gasteiger partial charge in [0.25, 0.3) is 0 Å². The number of fused-ring (bicyclic) bond motifs is 2. The van der Waals surface area contributed by atoms with Crippen LogP contribution in [0.25, 0.3) is 21.8 Å². The van der Waals surface area contributed by atoms with Gasteiger partial charge in [-0.3, -0.25) is 0 Å². The Morgan fingerprint density at radius 2 is 1.00 bits per heavy atom. The maximum atomic E-state index is 3.62. The van der Waals surface area contributed by atoms with Gasteiger partial charge in [-0.1, -0.05) is 66.7 Å². The van der Waals surface area contributed by atoms with Gasteiger partial charge in [0.1, 0.15) is 0 Å². The number of rotatable bonds is 3. The highest BCUT2D eigenvalue weighted by atomic mass is 14.8. The summed E-state index contributed by atoms with van der Waals surface area (Å²) >= 11 is 0. The Bertz CT molecular complexity index is 1010. The Morgan fingerprint density at radius 3 is 1.52 bits per heavy atom. The van der Waals surface area contributed by atoms with E-state index >= 15 is 0 Å². The molecule has 120 valence electrons. The predicted molar refractivity (Wildman–Crippen MR) is 104 cm³/mol. The second kappa shape index (κ2) is 5.67. The number of aromatic nitrogens is 2. The third kappa shape index (κ3) is 2.43. The standard InChI is InChI=1S/C23H18N2/c1-2-8-16(9-3-1)23(21-14-17-10-4-6-12-19(17)24-21)22-15-18-11-5-7-13-20(18)25-22/h1-15,23-25H. The minimum atomic E-state index is 0.154. The summed E-state index contributed by atoms with van der Waals surface area (Å²) in [6.45, 7) is 0. The molecule has 0 bridgehead atoms. The first-order valence-corrected chi connectivity index (χ1v) is 8.59. The Kier molecular flexibility index (Phi) is 3.20. The molecule has 0 atom stereocenters. The number of hydrogen-bond donors (Lipinski definition) is 2. The fourth-order valence-electron chi connectivity index (χ4n) is 3.67. The molecule has 2 heteroatoms. The minimum absolute atomic E-state index is 0.154. The maximum absolute atomic E-state index is 3.62. The van der Waals surface area contributed by atoms with Crippen LogP contribution < -0.4 is 0 Å². The highest BCUT2D eigenvalue weighted by Gasteiger charge is 2.20. The zero-order chi connectivity index (χ0) is 16.6. The van der Waals surface area contributed by atoms with E-state index in [1.807, 2.05) is 0 Å². The second-order valence-corrected chi connectivity index (χ2v) is 6.47. The van der Waals surface area contributed by atoms with Crippen molar-refractivity contribution in [1.29, 1.82) is 0 Å². The van der Waals surface area contributed by atoms with Crippen molar-refractivity contribution in [2.45, 2.75) is 5.92 Å².